The maximum absolute atomic E-state index is 12.1. The number of nitrogens with zero attached hydrogens (tertiary/aromatic N) is 1. The minimum Gasteiger partial charge on any atom is -0.507 e. The fourth-order valence-electron chi connectivity index (χ4n) is 2.00. The fraction of sp³-hybridized carbons (Fsp3) is 0.333. The Bertz CT molecular complexity index is 503. The zero-order chi connectivity index (χ0) is 13.3. The largest absolute Gasteiger partial charge is 0.507 e. The van der Waals surface area contributed by atoms with Crippen molar-refractivity contribution in [1.82, 2.24) is 4.90 Å². The number of amides is 1. The number of aromatic hydroxyl groups is 1. The monoisotopic (exact) mass is 313 g/mol. The average Bonchev–Trinajstić information content (AvgIpc) is 2.77. The third-order valence-corrected chi connectivity index (χ3v) is 3.51. The highest BCUT2D eigenvalue weighted by Crippen LogP contribution is 2.26. The summed E-state index contributed by atoms with van der Waals surface area (Å²) in [6.45, 7) is 0.606. The molecule has 1 aromatic carbocycles. The predicted molar refractivity (Wildman–Crippen MR) is 67.5 cm³/mol. The first-order chi connectivity index (χ1) is 8.49. The molecule has 0 bridgehead atoms. The molecule has 2 N–H and O–H groups in total. The first-order valence-electron chi connectivity index (χ1n) is 5.49. The van der Waals surface area contributed by atoms with Crippen LogP contribution in [0.2, 0.25) is 0 Å². The number of carbonyl (C=O) groups is 2. The van der Waals surface area contributed by atoms with Gasteiger partial charge in [0.25, 0.3) is 5.91 Å². The Balaban J connectivity index is 2.15. The standard InChI is InChI=1S/C12H12BrNO4/c13-8-1-2-9(10(15)5-8)11(16)14-4-3-7(6-14)12(17)18/h1-2,5,7,15H,3-4,6H2,(H,17,18). The van der Waals surface area contributed by atoms with Gasteiger partial charge in [0.1, 0.15) is 5.75 Å². The lowest BCUT2D eigenvalue weighted by molar-refractivity contribution is -0.141. The summed E-state index contributed by atoms with van der Waals surface area (Å²) in [6.07, 6.45) is 0.457. The molecule has 5 nitrogen and oxygen atoms in total. The maximum atomic E-state index is 12.1. The van der Waals surface area contributed by atoms with E-state index < -0.39 is 11.9 Å². The van der Waals surface area contributed by atoms with Gasteiger partial charge < -0.3 is 15.1 Å². The lowest BCUT2D eigenvalue weighted by Crippen LogP contribution is -2.29. The van der Waals surface area contributed by atoms with Crippen LogP contribution in [0.3, 0.4) is 0 Å². The molecular formula is C12H12BrNO4. The molecular weight excluding hydrogens is 302 g/mol. The molecule has 96 valence electrons. The summed E-state index contributed by atoms with van der Waals surface area (Å²) in [5, 5.41) is 18.6. The number of carboxylic acid groups (broad SMARTS) is 1. The number of hydrogen-bond acceptors (Lipinski definition) is 3. The van der Waals surface area contributed by atoms with Crippen molar-refractivity contribution in [3.63, 3.8) is 0 Å². The second kappa shape index (κ2) is 4.97. The molecule has 1 saturated heterocycles. The topological polar surface area (TPSA) is 77.8 Å². The number of phenols is 1. The van der Waals surface area contributed by atoms with E-state index >= 15 is 0 Å². The van der Waals surface area contributed by atoms with E-state index in [1.165, 1.54) is 17.0 Å². The second-order valence-corrected chi connectivity index (χ2v) is 5.15. The number of phenolic OH excluding ortho intramolecular Hbond substituents is 1. The van der Waals surface area contributed by atoms with Crippen LogP contribution in [0.5, 0.6) is 5.75 Å². The van der Waals surface area contributed by atoms with Gasteiger partial charge in [-0.3, -0.25) is 9.59 Å². The molecule has 18 heavy (non-hydrogen) atoms. The van der Waals surface area contributed by atoms with E-state index in [1.807, 2.05) is 0 Å². The van der Waals surface area contributed by atoms with Crippen LogP contribution >= 0.6 is 15.9 Å². The van der Waals surface area contributed by atoms with Crippen LogP contribution < -0.4 is 0 Å². The second-order valence-electron chi connectivity index (χ2n) is 4.24. The van der Waals surface area contributed by atoms with Gasteiger partial charge in [-0.05, 0) is 24.6 Å². The Labute approximate surface area is 112 Å². The molecule has 1 heterocycles. The summed E-state index contributed by atoms with van der Waals surface area (Å²) in [5.41, 5.74) is 0.198. The number of hydrogen-bond donors (Lipinski definition) is 2. The quantitative estimate of drug-likeness (QED) is 0.871. The number of halogens is 1. The summed E-state index contributed by atoms with van der Waals surface area (Å²) in [6, 6.07) is 4.63. The Hall–Kier alpha value is -1.56. The van der Waals surface area contributed by atoms with Gasteiger partial charge in [-0.1, -0.05) is 15.9 Å². The first kappa shape index (κ1) is 12.9. The predicted octanol–water partition coefficient (Wildman–Crippen LogP) is 1.70. The van der Waals surface area contributed by atoms with Crippen molar-refractivity contribution in [1.29, 1.82) is 0 Å². The number of aliphatic carboxylic acids is 1. The lowest BCUT2D eigenvalue weighted by Gasteiger charge is -2.16. The highest BCUT2D eigenvalue weighted by Gasteiger charge is 2.32. The fourth-order valence-corrected chi connectivity index (χ4v) is 2.35. The Morgan fingerprint density at radius 3 is 2.67 bits per heavy atom. The first-order valence-corrected chi connectivity index (χ1v) is 6.29. The molecule has 1 aromatic rings. The van der Waals surface area contributed by atoms with Crippen LogP contribution in [-0.4, -0.2) is 40.1 Å². The van der Waals surface area contributed by atoms with Gasteiger partial charge in [-0.15, -0.1) is 0 Å². The number of carboxylic acids is 1. The van der Waals surface area contributed by atoms with Crippen LogP contribution in [0, 0.1) is 5.92 Å². The molecule has 1 atom stereocenters. The van der Waals surface area contributed by atoms with Crippen molar-refractivity contribution >= 4 is 27.8 Å². The average molecular weight is 314 g/mol. The van der Waals surface area contributed by atoms with Crippen molar-refractivity contribution in [2.75, 3.05) is 13.1 Å². The molecule has 2 rings (SSSR count). The van der Waals surface area contributed by atoms with Gasteiger partial charge in [0.05, 0.1) is 11.5 Å². The summed E-state index contributed by atoms with van der Waals surface area (Å²) >= 11 is 3.19. The van der Waals surface area contributed by atoms with E-state index in [2.05, 4.69) is 15.9 Å². The zero-order valence-electron chi connectivity index (χ0n) is 9.47. The minimum atomic E-state index is -0.884. The van der Waals surface area contributed by atoms with Crippen LogP contribution in [0.15, 0.2) is 22.7 Å². The molecule has 1 amide bonds. The van der Waals surface area contributed by atoms with E-state index in [4.69, 9.17) is 5.11 Å². The molecule has 0 aliphatic carbocycles. The summed E-state index contributed by atoms with van der Waals surface area (Å²) in [4.78, 5) is 24.4. The third-order valence-electron chi connectivity index (χ3n) is 3.01. The van der Waals surface area contributed by atoms with E-state index in [1.54, 1.807) is 6.07 Å². The minimum absolute atomic E-state index is 0.104. The van der Waals surface area contributed by atoms with Crippen LogP contribution in [0.25, 0.3) is 0 Å². The molecule has 0 radical (unpaired) electrons. The highest BCUT2D eigenvalue weighted by atomic mass is 79.9. The van der Waals surface area contributed by atoms with E-state index in [0.717, 1.165) is 0 Å². The maximum Gasteiger partial charge on any atom is 0.308 e. The molecule has 1 fully saturated rings. The normalized spacial score (nSPS) is 18.9. The SMILES string of the molecule is O=C(O)C1CCN(C(=O)c2ccc(Br)cc2O)C1. The van der Waals surface area contributed by atoms with Crippen molar-refractivity contribution < 1.29 is 19.8 Å². The molecule has 1 aliphatic heterocycles. The summed E-state index contributed by atoms with van der Waals surface area (Å²) in [7, 11) is 0. The van der Waals surface area contributed by atoms with E-state index in [0.29, 0.717) is 17.4 Å². The van der Waals surface area contributed by atoms with Gasteiger partial charge in [0, 0.05) is 17.6 Å². The van der Waals surface area contributed by atoms with Crippen LogP contribution in [-0.2, 0) is 4.79 Å². The summed E-state index contributed by atoms with van der Waals surface area (Å²) < 4.78 is 0.682. The van der Waals surface area contributed by atoms with Gasteiger partial charge in [-0.2, -0.15) is 0 Å². The lowest BCUT2D eigenvalue weighted by atomic mass is 10.1. The van der Waals surface area contributed by atoms with Crippen molar-refractivity contribution in [3.05, 3.63) is 28.2 Å². The molecule has 0 saturated carbocycles. The molecule has 0 aromatic heterocycles. The van der Waals surface area contributed by atoms with E-state index in [9.17, 15) is 14.7 Å². The third kappa shape index (κ3) is 2.48. The molecule has 0 spiro atoms. The zero-order valence-corrected chi connectivity index (χ0v) is 11.1. The summed E-state index contributed by atoms with van der Waals surface area (Å²) in [5.74, 6) is -1.83. The van der Waals surface area contributed by atoms with Crippen LogP contribution in [0.4, 0.5) is 0 Å². The number of rotatable bonds is 2. The van der Waals surface area contributed by atoms with Crippen molar-refractivity contribution in [2.45, 2.75) is 6.42 Å². The van der Waals surface area contributed by atoms with Gasteiger partial charge in [-0.25, -0.2) is 0 Å². The van der Waals surface area contributed by atoms with Crippen LogP contribution in [0.1, 0.15) is 16.8 Å². The smallest absolute Gasteiger partial charge is 0.308 e. The molecule has 1 unspecified atom stereocenters. The van der Waals surface area contributed by atoms with Gasteiger partial charge in [0.15, 0.2) is 0 Å². The Morgan fingerprint density at radius 2 is 2.11 bits per heavy atom. The molecule has 1 aliphatic rings. The Kier molecular flexibility index (Phi) is 3.56. The number of benzene rings is 1. The highest BCUT2D eigenvalue weighted by molar-refractivity contribution is 9.10. The van der Waals surface area contributed by atoms with Crippen molar-refractivity contribution in [2.24, 2.45) is 5.92 Å². The van der Waals surface area contributed by atoms with Crippen molar-refractivity contribution in [3.8, 4) is 5.75 Å². The molecule has 6 heteroatoms. The number of likely N-dealkylation sites (tertiary alicyclic amines) is 1. The number of carbonyl (C=O) groups excluding carboxylic acids is 1. The Morgan fingerprint density at radius 1 is 1.39 bits per heavy atom. The van der Waals surface area contributed by atoms with E-state index in [-0.39, 0.29) is 23.8 Å². The van der Waals surface area contributed by atoms with Gasteiger partial charge >= 0.3 is 5.97 Å². The van der Waals surface area contributed by atoms with Gasteiger partial charge in [0.2, 0.25) is 0 Å².